The van der Waals surface area contributed by atoms with Gasteiger partial charge < -0.3 is 5.11 Å². The van der Waals surface area contributed by atoms with Gasteiger partial charge in [0, 0.05) is 0 Å². The van der Waals surface area contributed by atoms with Crippen molar-refractivity contribution in [2.75, 3.05) is 0 Å². The van der Waals surface area contributed by atoms with Crippen molar-refractivity contribution in [2.45, 2.75) is 124 Å². The van der Waals surface area contributed by atoms with Gasteiger partial charge in [0.05, 0.1) is 5.92 Å². The van der Waals surface area contributed by atoms with Gasteiger partial charge in [-0.15, -0.1) is 0 Å². The van der Waals surface area contributed by atoms with E-state index in [1.165, 1.54) is 77.0 Å². The van der Waals surface area contributed by atoms with Gasteiger partial charge in [-0.25, -0.2) is 0 Å². The molecule has 0 heterocycles. The zero-order valence-corrected chi connectivity index (χ0v) is 16.8. The second-order valence-corrected chi connectivity index (χ2v) is 7.61. The van der Waals surface area contributed by atoms with Crippen LogP contribution in [0.5, 0.6) is 0 Å². The Balaban J connectivity index is 4.19. The first-order chi connectivity index (χ1) is 11.7. The van der Waals surface area contributed by atoms with Gasteiger partial charge in [-0.1, -0.05) is 104 Å². The van der Waals surface area contributed by atoms with Gasteiger partial charge in [-0.3, -0.25) is 4.79 Å². The summed E-state index contributed by atoms with van der Waals surface area (Å²) in [6.07, 6.45) is 19.7. The summed E-state index contributed by atoms with van der Waals surface area (Å²) in [6, 6.07) is 0. The van der Waals surface area contributed by atoms with Crippen molar-refractivity contribution < 1.29 is 9.90 Å². The molecule has 1 unspecified atom stereocenters. The van der Waals surface area contributed by atoms with Gasteiger partial charge in [0.2, 0.25) is 0 Å². The number of unbranched alkanes of at least 4 members (excludes halogenated alkanes) is 10. The van der Waals surface area contributed by atoms with E-state index in [2.05, 4.69) is 20.8 Å². The minimum absolute atomic E-state index is 0.110. The summed E-state index contributed by atoms with van der Waals surface area (Å²) in [6.45, 7) is 6.61. The van der Waals surface area contributed by atoms with Gasteiger partial charge in [-0.05, 0) is 25.2 Å². The molecule has 1 N–H and O–H groups in total. The van der Waals surface area contributed by atoms with Crippen LogP contribution in [0, 0.1) is 11.8 Å². The predicted octanol–water partition coefficient (Wildman–Crippen LogP) is 7.60. The highest BCUT2D eigenvalue weighted by molar-refractivity contribution is 5.70. The molecule has 0 aromatic carbocycles. The Morgan fingerprint density at radius 2 is 1.04 bits per heavy atom. The van der Waals surface area contributed by atoms with E-state index in [-0.39, 0.29) is 5.92 Å². The molecule has 2 nitrogen and oxygen atoms in total. The molecule has 0 aliphatic rings. The molecule has 0 radical (unpaired) electrons. The second-order valence-electron chi connectivity index (χ2n) is 7.61. The summed E-state index contributed by atoms with van der Waals surface area (Å²) in [5.41, 5.74) is 0. The molecule has 0 spiro atoms. The molecule has 1 atom stereocenters. The molecule has 0 bridgehead atoms. The number of aliphatic carboxylic acids is 1. The Morgan fingerprint density at radius 3 is 1.42 bits per heavy atom. The number of hydrogen-bond acceptors (Lipinski definition) is 1. The van der Waals surface area contributed by atoms with Gasteiger partial charge in [-0.2, -0.15) is 0 Å². The number of carboxylic acids is 1. The maximum Gasteiger partial charge on any atom is 0.306 e. The van der Waals surface area contributed by atoms with Crippen molar-refractivity contribution in [1.29, 1.82) is 0 Å². The van der Waals surface area contributed by atoms with Crippen LogP contribution in [0.4, 0.5) is 0 Å². The standard InChI is InChI=1S/C22H44O2/c1-4-7-9-11-13-15-18-20(21(17-6-3)22(23)24)19-16-14-12-10-8-5-2/h20-21H,4-19H2,1-3H3,(H,23,24). The fourth-order valence-electron chi connectivity index (χ4n) is 3.79. The fraction of sp³-hybridized carbons (Fsp3) is 0.955. The molecule has 24 heavy (non-hydrogen) atoms. The molecule has 0 aliphatic carbocycles. The SMILES string of the molecule is CCCCCCCCC(CCCCCCCC)C(CCC)C(=O)O. The van der Waals surface area contributed by atoms with Crippen molar-refractivity contribution in [3.8, 4) is 0 Å². The molecule has 0 saturated carbocycles. The first kappa shape index (κ1) is 23.5. The molecule has 0 aliphatic heterocycles. The Kier molecular flexibility index (Phi) is 16.9. The monoisotopic (exact) mass is 340 g/mol. The normalized spacial score (nSPS) is 12.7. The molecule has 144 valence electrons. The molecule has 0 amide bonds. The smallest absolute Gasteiger partial charge is 0.306 e. The van der Waals surface area contributed by atoms with E-state index >= 15 is 0 Å². The van der Waals surface area contributed by atoms with Crippen LogP contribution in [0.1, 0.15) is 124 Å². The number of carbonyl (C=O) groups is 1. The molecular weight excluding hydrogens is 296 g/mol. The molecule has 0 fully saturated rings. The third kappa shape index (κ3) is 12.8. The molecule has 0 rings (SSSR count). The van der Waals surface area contributed by atoms with E-state index in [0.29, 0.717) is 5.92 Å². The fourth-order valence-corrected chi connectivity index (χ4v) is 3.79. The van der Waals surface area contributed by atoms with Crippen LogP contribution in [0.3, 0.4) is 0 Å². The van der Waals surface area contributed by atoms with Crippen molar-refractivity contribution in [2.24, 2.45) is 11.8 Å². The summed E-state index contributed by atoms with van der Waals surface area (Å²) in [4.78, 5) is 11.7. The van der Waals surface area contributed by atoms with Crippen LogP contribution < -0.4 is 0 Å². The molecule has 0 aromatic rings. The zero-order valence-electron chi connectivity index (χ0n) is 16.8. The predicted molar refractivity (Wildman–Crippen MR) is 106 cm³/mol. The van der Waals surface area contributed by atoms with Crippen molar-refractivity contribution in [3.05, 3.63) is 0 Å². The Bertz CT molecular complexity index is 259. The largest absolute Gasteiger partial charge is 0.481 e. The average Bonchev–Trinajstić information content (AvgIpc) is 2.57. The van der Waals surface area contributed by atoms with Crippen LogP contribution in [0.15, 0.2) is 0 Å². The first-order valence-electron chi connectivity index (χ1n) is 10.9. The topological polar surface area (TPSA) is 37.3 Å². The van der Waals surface area contributed by atoms with Crippen LogP contribution in [-0.2, 0) is 4.79 Å². The third-order valence-corrected chi connectivity index (χ3v) is 5.34. The molecule has 0 aromatic heterocycles. The van der Waals surface area contributed by atoms with Gasteiger partial charge >= 0.3 is 5.97 Å². The minimum atomic E-state index is -0.557. The Labute approximate surface area is 151 Å². The maximum absolute atomic E-state index is 11.7. The van der Waals surface area contributed by atoms with Gasteiger partial charge in [0.15, 0.2) is 0 Å². The van der Waals surface area contributed by atoms with Crippen LogP contribution in [0.2, 0.25) is 0 Å². The lowest BCUT2D eigenvalue weighted by molar-refractivity contribution is -0.144. The van der Waals surface area contributed by atoms with Crippen molar-refractivity contribution in [1.82, 2.24) is 0 Å². The van der Waals surface area contributed by atoms with E-state index in [1.54, 1.807) is 0 Å². The lowest BCUT2D eigenvalue weighted by atomic mass is 9.81. The third-order valence-electron chi connectivity index (χ3n) is 5.34. The highest BCUT2D eigenvalue weighted by Crippen LogP contribution is 2.29. The summed E-state index contributed by atoms with van der Waals surface area (Å²) >= 11 is 0. The quantitative estimate of drug-likeness (QED) is 0.261. The van der Waals surface area contributed by atoms with Gasteiger partial charge in [0.25, 0.3) is 0 Å². The number of carboxylic acid groups (broad SMARTS) is 1. The lowest BCUT2D eigenvalue weighted by Crippen LogP contribution is -2.24. The summed E-state index contributed by atoms with van der Waals surface area (Å²) < 4.78 is 0. The van der Waals surface area contributed by atoms with E-state index in [9.17, 15) is 9.90 Å². The summed E-state index contributed by atoms with van der Waals surface area (Å²) in [5, 5.41) is 9.62. The summed E-state index contributed by atoms with van der Waals surface area (Å²) in [5.74, 6) is -0.264. The van der Waals surface area contributed by atoms with Gasteiger partial charge in [0.1, 0.15) is 0 Å². The summed E-state index contributed by atoms with van der Waals surface area (Å²) in [7, 11) is 0. The maximum atomic E-state index is 11.7. The van der Waals surface area contributed by atoms with Crippen molar-refractivity contribution in [3.63, 3.8) is 0 Å². The Morgan fingerprint density at radius 1 is 0.625 bits per heavy atom. The van der Waals surface area contributed by atoms with Crippen LogP contribution in [-0.4, -0.2) is 11.1 Å². The highest BCUT2D eigenvalue weighted by Gasteiger charge is 2.26. The number of hydrogen-bond donors (Lipinski definition) is 1. The molecule has 0 saturated heterocycles. The minimum Gasteiger partial charge on any atom is -0.481 e. The number of rotatable bonds is 18. The zero-order chi connectivity index (χ0) is 18.0. The van der Waals surface area contributed by atoms with Crippen molar-refractivity contribution >= 4 is 5.97 Å². The molecular formula is C22H44O2. The Hall–Kier alpha value is -0.530. The van der Waals surface area contributed by atoms with Crippen LogP contribution in [0.25, 0.3) is 0 Å². The van der Waals surface area contributed by atoms with E-state index < -0.39 is 5.97 Å². The second kappa shape index (κ2) is 17.3. The molecule has 2 heteroatoms. The average molecular weight is 341 g/mol. The highest BCUT2D eigenvalue weighted by atomic mass is 16.4. The van der Waals surface area contributed by atoms with E-state index in [0.717, 1.165) is 25.7 Å². The van der Waals surface area contributed by atoms with E-state index in [4.69, 9.17) is 0 Å². The first-order valence-corrected chi connectivity index (χ1v) is 10.9. The van der Waals surface area contributed by atoms with Crippen LogP contribution >= 0.6 is 0 Å². The lowest BCUT2D eigenvalue weighted by Gasteiger charge is -2.24. The van der Waals surface area contributed by atoms with E-state index in [1.807, 2.05) is 0 Å².